The van der Waals surface area contributed by atoms with Crippen molar-refractivity contribution in [3.8, 4) is 33.8 Å². The largest absolute Gasteiger partial charge is 0.506 e. The Bertz CT molecular complexity index is 1960. The monoisotopic (exact) mass is 715 g/mol. The van der Waals surface area contributed by atoms with Gasteiger partial charge in [0.1, 0.15) is 11.4 Å². The van der Waals surface area contributed by atoms with Gasteiger partial charge in [-0.2, -0.15) is 0 Å². The first kappa shape index (κ1) is 26.1. The number of aromatic nitrogens is 3. The maximum Gasteiger partial charge on any atom is 0.139 e. The fourth-order valence-corrected chi connectivity index (χ4v) is 5.77. The van der Waals surface area contributed by atoms with Crippen LogP contribution >= 0.6 is 11.8 Å². The molecule has 196 valence electrons. The molecule has 0 radical (unpaired) electrons. The van der Waals surface area contributed by atoms with Crippen LogP contribution in [0.3, 0.4) is 0 Å². The fourth-order valence-electron chi connectivity index (χ4n) is 4.94. The second-order valence-corrected chi connectivity index (χ2v) is 10.3. The van der Waals surface area contributed by atoms with E-state index in [2.05, 4.69) is 59.6 Å². The average molecular weight is 716 g/mol. The number of fused-ring (bicyclic) bond motifs is 3. The van der Waals surface area contributed by atoms with Crippen LogP contribution < -0.4 is 0 Å². The van der Waals surface area contributed by atoms with E-state index in [0.717, 1.165) is 54.2 Å². The van der Waals surface area contributed by atoms with Crippen molar-refractivity contribution in [2.45, 2.75) is 9.92 Å². The molecule has 0 unspecified atom stereocenters. The van der Waals surface area contributed by atoms with Gasteiger partial charge in [0, 0.05) is 38.0 Å². The van der Waals surface area contributed by atoms with E-state index in [4.69, 9.17) is 4.98 Å². The summed E-state index contributed by atoms with van der Waals surface area (Å²) in [5, 5.41) is 13.8. The molecule has 0 saturated carbocycles. The molecule has 0 aliphatic heterocycles. The van der Waals surface area contributed by atoms with Gasteiger partial charge in [-0.25, -0.2) is 4.98 Å². The van der Waals surface area contributed by atoms with Crippen LogP contribution in [0.25, 0.3) is 50.0 Å². The predicted molar refractivity (Wildman–Crippen MR) is 158 cm³/mol. The smallest absolute Gasteiger partial charge is 0.139 e. The number of phenolic OH excluding ortho intramolecular Hbond substituents is 1. The number of benzene rings is 4. The van der Waals surface area contributed by atoms with Gasteiger partial charge in [0.2, 0.25) is 0 Å². The number of para-hydroxylation sites is 3. The number of nitrogens with zero attached hydrogens (tertiary/aromatic N) is 3. The summed E-state index contributed by atoms with van der Waals surface area (Å²) < 4.78 is 2.04. The van der Waals surface area contributed by atoms with Crippen LogP contribution in [0.2, 0.25) is 0 Å². The SMILES string of the molecule is Oc1ccccc1-n1c2ccccc2c2ccc(-c3[c-]c(Sc4ccccn4)cc(-c4ccccc4)c3)nc21.[Pt]. The van der Waals surface area contributed by atoms with Crippen LogP contribution in [-0.2, 0) is 21.1 Å². The first-order valence-corrected chi connectivity index (χ1v) is 13.5. The quantitative estimate of drug-likeness (QED) is 0.182. The predicted octanol–water partition coefficient (Wildman–Crippen LogP) is 8.56. The van der Waals surface area contributed by atoms with Crippen molar-refractivity contribution in [2.75, 3.05) is 0 Å². The van der Waals surface area contributed by atoms with E-state index in [1.807, 2.05) is 71.3 Å². The number of hydrogen-bond acceptors (Lipinski definition) is 4. The molecule has 7 aromatic rings. The third-order valence-corrected chi connectivity index (χ3v) is 7.61. The number of aromatic hydroxyl groups is 1. The molecule has 0 bridgehead atoms. The Labute approximate surface area is 250 Å². The van der Waals surface area contributed by atoms with Gasteiger partial charge in [-0.05, 0) is 41.6 Å². The number of hydrogen-bond donors (Lipinski definition) is 1. The molecule has 7 rings (SSSR count). The second kappa shape index (κ2) is 11.1. The minimum atomic E-state index is 0. The molecule has 6 heteroatoms. The number of rotatable bonds is 5. The van der Waals surface area contributed by atoms with Crippen molar-refractivity contribution in [3.05, 3.63) is 134 Å². The third kappa shape index (κ3) is 4.83. The molecule has 0 aliphatic carbocycles. The van der Waals surface area contributed by atoms with E-state index >= 15 is 0 Å². The molecule has 40 heavy (non-hydrogen) atoms. The Balaban J connectivity index is 0.00000289. The Kier molecular flexibility index (Phi) is 7.25. The first-order chi connectivity index (χ1) is 19.2. The average Bonchev–Trinajstić information content (AvgIpc) is 3.32. The summed E-state index contributed by atoms with van der Waals surface area (Å²) in [6, 6.07) is 43.9. The van der Waals surface area contributed by atoms with Crippen LogP contribution in [0.1, 0.15) is 0 Å². The zero-order chi connectivity index (χ0) is 26.2. The van der Waals surface area contributed by atoms with Crippen molar-refractivity contribution in [3.63, 3.8) is 0 Å². The molecule has 0 saturated heterocycles. The Morgan fingerprint density at radius 1 is 0.700 bits per heavy atom. The van der Waals surface area contributed by atoms with Gasteiger partial charge in [0.15, 0.2) is 0 Å². The van der Waals surface area contributed by atoms with E-state index in [1.54, 1.807) is 24.0 Å². The zero-order valence-corrected chi connectivity index (χ0v) is 24.2. The van der Waals surface area contributed by atoms with Crippen molar-refractivity contribution in [1.29, 1.82) is 0 Å². The maximum atomic E-state index is 10.8. The Hall–Kier alpha value is -4.18. The van der Waals surface area contributed by atoms with E-state index in [1.165, 1.54) is 0 Å². The molecule has 3 heterocycles. The minimum absolute atomic E-state index is 0. The summed E-state index contributed by atoms with van der Waals surface area (Å²) in [4.78, 5) is 10.6. The van der Waals surface area contributed by atoms with Gasteiger partial charge in [0.25, 0.3) is 0 Å². The molecule has 0 spiro atoms. The first-order valence-electron chi connectivity index (χ1n) is 12.7. The van der Waals surface area contributed by atoms with Crippen molar-refractivity contribution in [1.82, 2.24) is 14.5 Å². The van der Waals surface area contributed by atoms with Gasteiger partial charge >= 0.3 is 0 Å². The van der Waals surface area contributed by atoms with Crippen LogP contribution in [0.5, 0.6) is 5.75 Å². The van der Waals surface area contributed by atoms with E-state index in [9.17, 15) is 5.11 Å². The second-order valence-electron chi connectivity index (χ2n) is 9.19. The molecular weight excluding hydrogens is 694 g/mol. The number of pyridine rings is 2. The van der Waals surface area contributed by atoms with Crippen molar-refractivity contribution < 1.29 is 26.2 Å². The summed E-state index contributed by atoms with van der Waals surface area (Å²) in [6.45, 7) is 0. The molecule has 1 N–H and O–H groups in total. The van der Waals surface area contributed by atoms with Gasteiger partial charge in [-0.1, -0.05) is 101 Å². The summed E-state index contributed by atoms with van der Waals surface area (Å²) >= 11 is 1.58. The Morgan fingerprint density at radius 2 is 1.48 bits per heavy atom. The van der Waals surface area contributed by atoms with Crippen LogP contribution in [0.15, 0.2) is 137 Å². The van der Waals surface area contributed by atoms with Gasteiger partial charge < -0.3 is 5.11 Å². The fraction of sp³-hybridized carbons (Fsp3) is 0. The minimum Gasteiger partial charge on any atom is -0.506 e. The molecule has 0 amide bonds. The van der Waals surface area contributed by atoms with Crippen LogP contribution in [0, 0.1) is 6.07 Å². The molecule has 0 fully saturated rings. The van der Waals surface area contributed by atoms with E-state index in [-0.39, 0.29) is 26.8 Å². The molecular formula is C34H22N3OPtS-. The Morgan fingerprint density at radius 3 is 2.30 bits per heavy atom. The molecule has 4 nitrogen and oxygen atoms in total. The van der Waals surface area contributed by atoms with Gasteiger partial charge in [-0.15, -0.1) is 23.8 Å². The molecule has 0 aliphatic rings. The van der Waals surface area contributed by atoms with Crippen molar-refractivity contribution >= 4 is 33.7 Å². The normalized spacial score (nSPS) is 11.0. The summed E-state index contributed by atoms with van der Waals surface area (Å²) in [5.41, 5.74) is 6.39. The standard InChI is InChI=1S/C34H22N3OS.Pt/c38-32-15-7-6-14-31(32)37-30-13-5-4-12-27(30)28-17-18-29(36-34(28)37)25-20-24(23-10-2-1-3-11-23)21-26(22-25)39-33-16-8-9-19-35-33;/h1-21,38H;/q-1;. The number of phenols is 1. The topological polar surface area (TPSA) is 50.9 Å². The van der Waals surface area contributed by atoms with E-state index in [0.29, 0.717) is 5.69 Å². The van der Waals surface area contributed by atoms with Crippen LogP contribution in [0.4, 0.5) is 0 Å². The van der Waals surface area contributed by atoms with Crippen molar-refractivity contribution in [2.24, 2.45) is 0 Å². The van der Waals surface area contributed by atoms with Crippen LogP contribution in [-0.4, -0.2) is 19.6 Å². The molecule has 4 aromatic carbocycles. The molecule has 0 atom stereocenters. The summed E-state index contributed by atoms with van der Waals surface area (Å²) in [6.07, 6.45) is 1.80. The maximum absolute atomic E-state index is 10.8. The zero-order valence-electron chi connectivity index (χ0n) is 21.1. The van der Waals surface area contributed by atoms with Gasteiger partial charge in [-0.3, -0.25) is 9.55 Å². The summed E-state index contributed by atoms with van der Waals surface area (Å²) in [7, 11) is 0. The molecule has 3 aromatic heterocycles. The van der Waals surface area contributed by atoms with Gasteiger partial charge in [0.05, 0.1) is 16.2 Å². The van der Waals surface area contributed by atoms with E-state index < -0.39 is 0 Å². The third-order valence-electron chi connectivity index (χ3n) is 6.72. The summed E-state index contributed by atoms with van der Waals surface area (Å²) in [5.74, 6) is 0.207.